The maximum atomic E-state index is 13.2. The molecule has 1 saturated heterocycles. The fraction of sp³-hybridized carbons (Fsp3) is 0.429. The topological polar surface area (TPSA) is 139 Å². The van der Waals surface area contributed by atoms with Crippen molar-refractivity contribution >= 4 is 17.5 Å². The van der Waals surface area contributed by atoms with Gasteiger partial charge in [0.25, 0.3) is 5.91 Å². The van der Waals surface area contributed by atoms with Gasteiger partial charge in [-0.25, -0.2) is 14.6 Å². The summed E-state index contributed by atoms with van der Waals surface area (Å²) in [6.07, 6.45) is 9.44. The number of amides is 1. The average molecular weight is 541 g/mol. The van der Waals surface area contributed by atoms with Crippen molar-refractivity contribution in [3.63, 3.8) is 0 Å². The number of hydrogen-bond acceptors (Lipinski definition) is 9. The van der Waals surface area contributed by atoms with Crippen LogP contribution in [0.15, 0.2) is 42.9 Å². The summed E-state index contributed by atoms with van der Waals surface area (Å²) < 4.78 is 7.34. The zero-order valence-corrected chi connectivity index (χ0v) is 22.4. The number of carbonyl (C=O) groups excluding carboxylic acids is 1. The Hall–Kier alpha value is -4.16. The van der Waals surface area contributed by atoms with Crippen molar-refractivity contribution in [3.05, 3.63) is 65.4 Å². The number of ether oxygens (including phenoxy) is 1. The molecule has 1 unspecified atom stereocenters. The number of fused-ring (bicyclic) bond motifs is 1. The highest BCUT2D eigenvalue weighted by molar-refractivity contribution is 5.92. The number of H-pyrrole nitrogens is 1. The second-order valence-electron chi connectivity index (χ2n) is 10.9. The lowest BCUT2D eigenvalue weighted by atomic mass is 9.93. The first kappa shape index (κ1) is 24.9. The minimum Gasteiger partial charge on any atom is -0.378 e. The van der Waals surface area contributed by atoms with Crippen LogP contribution in [-0.2, 0) is 11.3 Å². The van der Waals surface area contributed by atoms with Gasteiger partial charge in [0.2, 0.25) is 5.95 Å². The molecule has 3 aliphatic rings. The van der Waals surface area contributed by atoms with E-state index in [1.165, 1.54) is 12.0 Å². The summed E-state index contributed by atoms with van der Waals surface area (Å²) in [6, 6.07) is 8.91. The van der Waals surface area contributed by atoms with Crippen molar-refractivity contribution in [2.24, 2.45) is 0 Å². The molecule has 3 aromatic heterocycles. The molecule has 0 spiro atoms. The summed E-state index contributed by atoms with van der Waals surface area (Å²) in [7, 11) is 0. The molecular weight excluding hydrogens is 508 g/mol. The molecule has 5 heterocycles. The number of nitrogens with zero attached hydrogens (tertiary/aromatic N) is 7. The van der Waals surface area contributed by atoms with Gasteiger partial charge in [0.15, 0.2) is 5.69 Å². The van der Waals surface area contributed by atoms with E-state index in [2.05, 4.69) is 59.2 Å². The molecule has 4 aromatic rings. The Kier molecular flexibility index (Phi) is 6.48. The number of nitrogens with one attached hydrogen (secondary N) is 3. The third kappa shape index (κ3) is 4.84. The summed E-state index contributed by atoms with van der Waals surface area (Å²) in [5.74, 6) is 0.317. The van der Waals surface area contributed by atoms with Gasteiger partial charge >= 0.3 is 0 Å². The average Bonchev–Trinajstić information content (AvgIpc) is 3.49. The van der Waals surface area contributed by atoms with Crippen LogP contribution in [0.4, 0.5) is 11.6 Å². The molecule has 2 aliphatic heterocycles. The monoisotopic (exact) mass is 540 g/mol. The molecular formula is C28H32N10O2. The lowest BCUT2D eigenvalue weighted by Crippen LogP contribution is -2.48. The zero-order valence-electron chi connectivity index (χ0n) is 22.4. The van der Waals surface area contributed by atoms with Gasteiger partial charge in [-0.15, -0.1) is 5.10 Å². The number of rotatable bonds is 7. The number of carbonyl (C=O) groups is 1. The Balaban J connectivity index is 1.15. The van der Waals surface area contributed by atoms with Crippen LogP contribution in [-0.4, -0.2) is 71.8 Å². The van der Waals surface area contributed by atoms with E-state index in [-0.39, 0.29) is 11.9 Å². The van der Waals surface area contributed by atoms with E-state index in [1.54, 1.807) is 18.6 Å². The molecule has 206 valence electrons. The zero-order chi connectivity index (χ0) is 27.1. The van der Waals surface area contributed by atoms with E-state index in [9.17, 15) is 4.79 Å². The van der Waals surface area contributed by atoms with Crippen LogP contribution >= 0.6 is 0 Å². The minimum absolute atomic E-state index is 0.136. The standard InChI is InChI=1S/C28H32N10O2/c1-17-25(12-30-34-17)33-28-29-9-7-23(32-28)18-5-6-22-19(11-18)13-37(21-15-40-16-21)10-8-24(22)31-27(39)26-14-38(36-35-26)20-3-2-4-20/h5-7,9,11-12,14,20-21,24H,2-4,8,10,13,15-16H2,1H3,(H,30,34)(H,31,39)(H,29,32,33). The SMILES string of the molecule is Cc1[nH]ncc1Nc1nccc(-c2ccc3c(c2)CN(C2COC2)CCC3NC(=O)c2cn(C3CCC3)nn2)n1. The van der Waals surface area contributed by atoms with Crippen molar-refractivity contribution < 1.29 is 9.53 Å². The smallest absolute Gasteiger partial charge is 0.273 e. The number of hydrogen-bond donors (Lipinski definition) is 3. The van der Waals surface area contributed by atoms with Crippen molar-refractivity contribution in [2.75, 3.05) is 25.1 Å². The third-order valence-corrected chi connectivity index (χ3v) is 8.26. The summed E-state index contributed by atoms with van der Waals surface area (Å²) >= 11 is 0. The van der Waals surface area contributed by atoms with E-state index in [1.807, 2.05) is 17.7 Å². The number of aromatic amines is 1. The summed E-state index contributed by atoms with van der Waals surface area (Å²) in [6.45, 7) is 5.07. The fourth-order valence-corrected chi connectivity index (χ4v) is 5.51. The first-order valence-electron chi connectivity index (χ1n) is 13.9. The van der Waals surface area contributed by atoms with Crippen LogP contribution in [0.3, 0.4) is 0 Å². The van der Waals surface area contributed by atoms with Crippen LogP contribution in [0.2, 0.25) is 0 Å². The number of anilines is 2. The molecule has 3 N–H and O–H groups in total. The fourth-order valence-electron chi connectivity index (χ4n) is 5.51. The predicted octanol–water partition coefficient (Wildman–Crippen LogP) is 3.31. The van der Waals surface area contributed by atoms with Gasteiger partial charge in [-0.2, -0.15) is 5.10 Å². The second kappa shape index (κ2) is 10.4. The lowest BCUT2D eigenvalue weighted by molar-refractivity contribution is -0.0678. The predicted molar refractivity (Wildman–Crippen MR) is 147 cm³/mol. The van der Waals surface area contributed by atoms with E-state index < -0.39 is 0 Å². The number of aromatic nitrogens is 7. The largest absolute Gasteiger partial charge is 0.378 e. The Labute approximate surface area is 231 Å². The molecule has 0 bridgehead atoms. The van der Waals surface area contributed by atoms with Gasteiger partial charge in [0.1, 0.15) is 0 Å². The molecule has 1 amide bonds. The highest BCUT2D eigenvalue weighted by Gasteiger charge is 2.32. The highest BCUT2D eigenvalue weighted by atomic mass is 16.5. The van der Waals surface area contributed by atoms with Crippen molar-refractivity contribution in [2.45, 2.75) is 57.3 Å². The van der Waals surface area contributed by atoms with E-state index in [4.69, 9.17) is 9.72 Å². The Morgan fingerprint density at radius 2 is 2.05 bits per heavy atom. The van der Waals surface area contributed by atoms with Crippen molar-refractivity contribution in [3.8, 4) is 11.3 Å². The summed E-state index contributed by atoms with van der Waals surface area (Å²) in [4.78, 5) is 24.9. The maximum Gasteiger partial charge on any atom is 0.273 e. The molecule has 7 rings (SSSR count). The quantitative estimate of drug-likeness (QED) is 0.322. The molecule has 1 atom stereocenters. The number of benzene rings is 1. The van der Waals surface area contributed by atoms with Gasteiger partial charge < -0.3 is 15.4 Å². The van der Waals surface area contributed by atoms with Crippen LogP contribution < -0.4 is 10.6 Å². The second-order valence-corrected chi connectivity index (χ2v) is 10.9. The Morgan fingerprint density at radius 3 is 2.80 bits per heavy atom. The molecule has 40 heavy (non-hydrogen) atoms. The minimum atomic E-state index is -0.188. The van der Waals surface area contributed by atoms with Crippen LogP contribution in [0, 0.1) is 6.92 Å². The maximum absolute atomic E-state index is 13.2. The van der Waals surface area contributed by atoms with Crippen LogP contribution in [0.25, 0.3) is 11.3 Å². The Morgan fingerprint density at radius 1 is 1.15 bits per heavy atom. The van der Waals surface area contributed by atoms with Gasteiger partial charge in [0, 0.05) is 24.8 Å². The molecule has 1 saturated carbocycles. The van der Waals surface area contributed by atoms with Gasteiger partial charge in [-0.1, -0.05) is 17.3 Å². The number of aryl methyl sites for hydroxylation is 1. The summed E-state index contributed by atoms with van der Waals surface area (Å²) in [5, 5.41) is 21.8. The molecule has 12 nitrogen and oxygen atoms in total. The molecule has 0 radical (unpaired) electrons. The molecule has 1 aromatic carbocycles. The van der Waals surface area contributed by atoms with Crippen molar-refractivity contribution in [1.29, 1.82) is 0 Å². The van der Waals surface area contributed by atoms with Crippen LogP contribution in [0.5, 0.6) is 0 Å². The first-order valence-corrected chi connectivity index (χ1v) is 13.9. The highest BCUT2D eigenvalue weighted by Crippen LogP contribution is 2.33. The molecule has 1 aliphatic carbocycles. The Bertz CT molecular complexity index is 1520. The first-order chi connectivity index (χ1) is 19.6. The normalized spacial score (nSPS) is 19.8. The third-order valence-electron chi connectivity index (χ3n) is 8.26. The molecule has 12 heteroatoms. The van der Waals surface area contributed by atoms with Crippen molar-refractivity contribution in [1.82, 2.24) is 45.4 Å². The van der Waals surface area contributed by atoms with E-state index in [0.717, 1.165) is 73.8 Å². The lowest BCUT2D eigenvalue weighted by Gasteiger charge is -2.36. The van der Waals surface area contributed by atoms with Gasteiger partial charge in [-0.3, -0.25) is 14.8 Å². The van der Waals surface area contributed by atoms with E-state index >= 15 is 0 Å². The van der Waals surface area contributed by atoms with Crippen LogP contribution in [0.1, 0.15) is 65.1 Å². The summed E-state index contributed by atoms with van der Waals surface area (Å²) in [5.41, 5.74) is 6.22. The van der Waals surface area contributed by atoms with Gasteiger partial charge in [0.05, 0.1) is 60.8 Å². The van der Waals surface area contributed by atoms with E-state index in [0.29, 0.717) is 23.7 Å². The van der Waals surface area contributed by atoms with Gasteiger partial charge in [-0.05, 0) is 55.9 Å². The molecule has 2 fully saturated rings.